The van der Waals surface area contributed by atoms with Gasteiger partial charge in [0.05, 0.1) is 9.90 Å². The summed E-state index contributed by atoms with van der Waals surface area (Å²) >= 11 is 7.29. The number of Topliss-reactive ketones (excluding diaryl/α,β-unsaturated/α-hetero) is 1. The molecular weight excluding hydrogens is 242 g/mol. The van der Waals surface area contributed by atoms with E-state index in [1.54, 1.807) is 18.5 Å². The van der Waals surface area contributed by atoms with Crippen molar-refractivity contribution >= 4 is 28.7 Å². The quantitative estimate of drug-likeness (QED) is 0.777. The number of hydrogen-bond acceptors (Lipinski definition) is 3. The van der Waals surface area contributed by atoms with Crippen LogP contribution in [0.1, 0.15) is 21.7 Å². The number of hydrogen-bond donors (Lipinski definition) is 0. The third-order valence-corrected chi connectivity index (χ3v) is 3.64. The van der Waals surface area contributed by atoms with Gasteiger partial charge in [-0.15, -0.1) is 11.3 Å². The third kappa shape index (κ3) is 2.68. The van der Waals surface area contributed by atoms with Crippen molar-refractivity contribution in [3.05, 3.63) is 51.4 Å². The van der Waals surface area contributed by atoms with Crippen LogP contribution in [-0.2, 0) is 6.42 Å². The van der Waals surface area contributed by atoms with Crippen molar-refractivity contribution in [2.45, 2.75) is 12.8 Å². The van der Waals surface area contributed by atoms with E-state index >= 15 is 0 Å². The highest BCUT2D eigenvalue weighted by Gasteiger charge is 2.11. The van der Waals surface area contributed by atoms with Crippen LogP contribution in [-0.4, -0.2) is 10.8 Å². The molecule has 0 aliphatic heterocycles. The van der Waals surface area contributed by atoms with E-state index in [0.29, 0.717) is 16.3 Å². The summed E-state index contributed by atoms with van der Waals surface area (Å²) in [7, 11) is 0. The Bertz CT molecular complexity index is 481. The number of halogens is 1. The Kier molecular flexibility index (Phi) is 3.70. The minimum Gasteiger partial charge on any atom is -0.293 e. The van der Waals surface area contributed by atoms with Gasteiger partial charge in [-0.1, -0.05) is 11.6 Å². The van der Waals surface area contributed by atoms with Gasteiger partial charge in [-0.3, -0.25) is 9.78 Å². The van der Waals surface area contributed by atoms with E-state index in [0.717, 1.165) is 12.0 Å². The Morgan fingerprint density at radius 3 is 2.69 bits per heavy atom. The third-order valence-electron chi connectivity index (χ3n) is 2.26. The highest BCUT2D eigenvalue weighted by molar-refractivity contribution is 7.12. The van der Waals surface area contributed by atoms with Gasteiger partial charge in [-0.25, -0.2) is 0 Å². The Morgan fingerprint density at radius 1 is 1.31 bits per heavy atom. The maximum Gasteiger partial charge on any atom is 0.174 e. The first-order valence-electron chi connectivity index (χ1n) is 4.92. The highest BCUT2D eigenvalue weighted by Crippen LogP contribution is 2.23. The molecule has 0 N–H and O–H groups in total. The summed E-state index contributed by atoms with van der Waals surface area (Å²) in [6.45, 7) is 0. The topological polar surface area (TPSA) is 30.0 Å². The van der Waals surface area contributed by atoms with Crippen LogP contribution in [0, 0.1) is 0 Å². The first-order valence-corrected chi connectivity index (χ1v) is 6.18. The molecule has 2 rings (SSSR count). The fourth-order valence-corrected chi connectivity index (χ4v) is 2.54. The fraction of sp³-hybridized carbons (Fsp3) is 0.167. The molecule has 2 nitrogen and oxygen atoms in total. The van der Waals surface area contributed by atoms with Crippen molar-refractivity contribution in [1.29, 1.82) is 0 Å². The molecule has 82 valence electrons. The molecule has 0 saturated heterocycles. The van der Waals surface area contributed by atoms with E-state index in [4.69, 9.17) is 11.6 Å². The second-order valence-electron chi connectivity index (χ2n) is 3.38. The fourth-order valence-electron chi connectivity index (χ4n) is 1.41. The zero-order valence-electron chi connectivity index (χ0n) is 8.52. The minimum absolute atomic E-state index is 0.108. The second-order valence-corrected chi connectivity index (χ2v) is 4.70. The average molecular weight is 252 g/mol. The van der Waals surface area contributed by atoms with Gasteiger partial charge in [-0.2, -0.15) is 0 Å². The van der Waals surface area contributed by atoms with Crippen molar-refractivity contribution in [3.8, 4) is 0 Å². The summed E-state index contributed by atoms with van der Waals surface area (Å²) in [5.41, 5.74) is 1.12. The van der Waals surface area contributed by atoms with Gasteiger partial charge in [0.1, 0.15) is 0 Å². The molecule has 0 aliphatic carbocycles. The molecule has 0 radical (unpaired) electrons. The number of pyridine rings is 1. The Labute approximate surface area is 103 Å². The molecular formula is C12H10ClNOS. The monoisotopic (exact) mass is 251 g/mol. The van der Waals surface area contributed by atoms with E-state index in [9.17, 15) is 4.79 Å². The predicted octanol–water partition coefficient (Wildman–Crippen LogP) is 3.61. The van der Waals surface area contributed by atoms with Crippen LogP contribution in [0.5, 0.6) is 0 Å². The molecule has 0 amide bonds. The smallest absolute Gasteiger partial charge is 0.174 e. The molecule has 0 spiro atoms. The van der Waals surface area contributed by atoms with Crippen molar-refractivity contribution in [2.75, 3.05) is 0 Å². The molecule has 2 aromatic heterocycles. The number of carbonyl (C=O) groups excluding carboxylic acids is 1. The summed E-state index contributed by atoms with van der Waals surface area (Å²) in [6, 6.07) is 5.60. The van der Waals surface area contributed by atoms with Crippen LogP contribution in [0.15, 0.2) is 36.0 Å². The van der Waals surface area contributed by atoms with Gasteiger partial charge in [0.2, 0.25) is 0 Å². The number of aryl methyl sites for hydroxylation is 1. The van der Waals surface area contributed by atoms with E-state index in [1.807, 2.05) is 17.5 Å². The molecule has 0 aliphatic rings. The molecule has 0 saturated carbocycles. The number of rotatable bonds is 4. The lowest BCUT2D eigenvalue weighted by molar-refractivity contribution is 0.0987. The summed E-state index contributed by atoms with van der Waals surface area (Å²) < 4.78 is 0. The van der Waals surface area contributed by atoms with Crippen LogP contribution in [0.4, 0.5) is 0 Å². The lowest BCUT2D eigenvalue weighted by Crippen LogP contribution is -1.99. The molecule has 2 aromatic rings. The van der Waals surface area contributed by atoms with Gasteiger partial charge in [0, 0.05) is 18.8 Å². The maximum absolute atomic E-state index is 11.8. The largest absolute Gasteiger partial charge is 0.293 e. The molecule has 0 unspecified atom stereocenters. The first-order chi connectivity index (χ1) is 7.77. The molecule has 16 heavy (non-hydrogen) atoms. The van der Waals surface area contributed by atoms with Gasteiger partial charge < -0.3 is 0 Å². The van der Waals surface area contributed by atoms with Crippen LogP contribution < -0.4 is 0 Å². The predicted molar refractivity (Wildman–Crippen MR) is 66.2 cm³/mol. The zero-order valence-corrected chi connectivity index (χ0v) is 10.1. The summed E-state index contributed by atoms with van der Waals surface area (Å²) in [5.74, 6) is 0.108. The van der Waals surface area contributed by atoms with Gasteiger partial charge in [0.25, 0.3) is 0 Å². The van der Waals surface area contributed by atoms with E-state index < -0.39 is 0 Å². The van der Waals surface area contributed by atoms with E-state index in [1.165, 1.54) is 11.3 Å². The van der Waals surface area contributed by atoms with E-state index in [-0.39, 0.29) is 5.78 Å². The Hall–Kier alpha value is -1.19. The van der Waals surface area contributed by atoms with Crippen LogP contribution in [0.3, 0.4) is 0 Å². The SMILES string of the molecule is O=C(CCc1ccncc1)c1sccc1Cl. The number of aromatic nitrogens is 1. The lowest BCUT2D eigenvalue weighted by atomic mass is 10.1. The average Bonchev–Trinajstić information content (AvgIpc) is 2.74. The van der Waals surface area contributed by atoms with Gasteiger partial charge >= 0.3 is 0 Å². The van der Waals surface area contributed by atoms with Crippen molar-refractivity contribution in [3.63, 3.8) is 0 Å². The van der Waals surface area contributed by atoms with Gasteiger partial charge in [0.15, 0.2) is 5.78 Å². The van der Waals surface area contributed by atoms with E-state index in [2.05, 4.69) is 4.98 Å². The summed E-state index contributed by atoms with van der Waals surface area (Å²) in [4.78, 5) is 16.4. The molecule has 2 heterocycles. The summed E-state index contributed by atoms with van der Waals surface area (Å²) in [5, 5.41) is 2.40. The van der Waals surface area contributed by atoms with Crippen molar-refractivity contribution in [2.24, 2.45) is 0 Å². The normalized spacial score (nSPS) is 10.3. The summed E-state index contributed by atoms with van der Waals surface area (Å²) in [6.07, 6.45) is 4.69. The zero-order chi connectivity index (χ0) is 11.4. The molecule has 0 aromatic carbocycles. The lowest BCUT2D eigenvalue weighted by Gasteiger charge is -1.99. The number of thiophene rings is 1. The maximum atomic E-state index is 11.8. The minimum atomic E-state index is 0.108. The standard InChI is InChI=1S/C12H10ClNOS/c13-10-5-8-16-12(10)11(15)2-1-9-3-6-14-7-4-9/h3-8H,1-2H2. The second kappa shape index (κ2) is 5.23. The first kappa shape index (κ1) is 11.3. The van der Waals surface area contributed by atoms with Crippen LogP contribution >= 0.6 is 22.9 Å². The molecule has 0 atom stereocenters. The van der Waals surface area contributed by atoms with Crippen molar-refractivity contribution < 1.29 is 4.79 Å². The number of carbonyl (C=O) groups is 1. The molecule has 0 fully saturated rings. The number of ketones is 1. The molecule has 0 bridgehead atoms. The number of nitrogens with zero attached hydrogens (tertiary/aromatic N) is 1. The van der Waals surface area contributed by atoms with Crippen molar-refractivity contribution in [1.82, 2.24) is 4.98 Å². The van der Waals surface area contributed by atoms with Crippen LogP contribution in [0.2, 0.25) is 5.02 Å². The highest BCUT2D eigenvalue weighted by atomic mass is 35.5. The molecule has 4 heteroatoms. The van der Waals surface area contributed by atoms with Gasteiger partial charge in [-0.05, 0) is 35.6 Å². The van der Waals surface area contributed by atoms with Crippen LogP contribution in [0.25, 0.3) is 0 Å². The Balaban J connectivity index is 1.97. The Morgan fingerprint density at radius 2 is 2.06 bits per heavy atom.